The minimum absolute atomic E-state index is 0.700. The third-order valence-electron chi connectivity index (χ3n) is 3.82. The molecule has 1 aliphatic rings. The number of methoxy groups -OCH3 is 2. The van der Waals surface area contributed by atoms with Crippen LogP contribution in [0.15, 0.2) is 18.2 Å². The number of piperidine rings is 1. The predicted octanol–water partition coefficient (Wildman–Crippen LogP) is 2.27. The Kier molecular flexibility index (Phi) is 4.91. The lowest BCUT2D eigenvalue weighted by Gasteiger charge is -2.35. The Morgan fingerprint density at radius 2 is 2.16 bits per heavy atom. The largest absolute Gasteiger partial charge is 0.497 e. The number of benzene rings is 1. The molecule has 0 saturated carbocycles. The van der Waals surface area contributed by atoms with Gasteiger partial charge in [0.05, 0.1) is 19.9 Å². The van der Waals surface area contributed by atoms with Crippen molar-refractivity contribution >= 4 is 5.69 Å². The van der Waals surface area contributed by atoms with E-state index in [-0.39, 0.29) is 0 Å². The maximum absolute atomic E-state index is 5.68. The lowest BCUT2D eigenvalue weighted by molar-refractivity contribution is 0.379. The van der Waals surface area contributed by atoms with Crippen LogP contribution in [0.1, 0.15) is 19.3 Å². The summed E-state index contributed by atoms with van der Waals surface area (Å²) in [7, 11) is 3.38. The van der Waals surface area contributed by atoms with Crippen LogP contribution >= 0.6 is 0 Å². The fourth-order valence-electron chi connectivity index (χ4n) is 2.80. The normalized spacial score (nSPS) is 19.3. The lowest BCUT2D eigenvalue weighted by atomic mass is 9.94. The Morgan fingerprint density at radius 1 is 1.32 bits per heavy atom. The quantitative estimate of drug-likeness (QED) is 0.886. The van der Waals surface area contributed by atoms with E-state index in [0.29, 0.717) is 5.92 Å². The lowest BCUT2D eigenvalue weighted by Crippen LogP contribution is -2.36. The highest BCUT2D eigenvalue weighted by molar-refractivity contribution is 5.61. The van der Waals surface area contributed by atoms with Crippen LogP contribution < -0.4 is 20.1 Å². The summed E-state index contributed by atoms with van der Waals surface area (Å²) in [5.74, 6) is 2.41. The first-order valence-electron chi connectivity index (χ1n) is 6.95. The monoisotopic (exact) mass is 264 g/mol. The fraction of sp³-hybridized carbons (Fsp3) is 0.600. The van der Waals surface area contributed by atoms with Crippen LogP contribution in [0.3, 0.4) is 0 Å². The molecule has 0 spiro atoms. The van der Waals surface area contributed by atoms with Gasteiger partial charge in [0.2, 0.25) is 0 Å². The van der Waals surface area contributed by atoms with Gasteiger partial charge in [-0.25, -0.2) is 0 Å². The molecule has 1 aromatic rings. The van der Waals surface area contributed by atoms with E-state index >= 15 is 0 Å². The first kappa shape index (κ1) is 14.0. The maximum Gasteiger partial charge on any atom is 0.145 e. The Labute approximate surface area is 115 Å². The summed E-state index contributed by atoms with van der Waals surface area (Å²) in [6.45, 7) is 2.93. The van der Waals surface area contributed by atoms with Crippen molar-refractivity contribution < 1.29 is 9.47 Å². The van der Waals surface area contributed by atoms with Gasteiger partial charge in [0.15, 0.2) is 0 Å². The molecular formula is C15H24N2O2. The van der Waals surface area contributed by atoms with Gasteiger partial charge in [-0.2, -0.15) is 0 Å². The molecule has 19 heavy (non-hydrogen) atoms. The molecule has 1 aliphatic heterocycles. The number of ether oxygens (including phenoxy) is 2. The third-order valence-corrected chi connectivity index (χ3v) is 3.82. The Hall–Kier alpha value is -1.42. The second kappa shape index (κ2) is 6.66. The second-order valence-electron chi connectivity index (χ2n) is 5.07. The van der Waals surface area contributed by atoms with Crippen molar-refractivity contribution in [1.82, 2.24) is 0 Å². The van der Waals surface area contributed by atoms with Crippen molar-refractivity contribution in [2.45, 2.75) is 19.3 Å². The minimum Gasteiger partial charge on any atom is -0.497 e. The summed E-state index contributed by atoms with van der Waals surface area (Å²) in [6.07, 6.45) is 3.61. The summed E-state index contributed by atoms with van der Waals surface area (Å²) in [4.78, 5) is 2.40. The summed E-state index contributed by atoms with van der Waals surface area (Å²) in [6, 6.07) is 6.02. The van der Waals surface area contributed by atoms with E-state index in [1.165, 1.54) is 12.8 Å². The molecule has 4 heteroatoms. The average Bonchev–Trinajstić information content (AvgIpc) is 2.47. The Balaban J connectivity index is 2.16. The second-order valence-corrected chi connectivity index (χ2v) is 5.07. The zero-order valence-corrected chi connectivity index (χ0v) is 11.9. The summed E-state index contributed by atoms with van der Waals surface area (Å²) < 4.78 is 10.7. The first-order chi connectivity index (χ1) is 9.28. The number of anilines is 1. The molecule has 1 unspecified atom stereocenters. The predicted molar refractivity (Wildman–Crippen MR) is 78.2 cm³/mol. The van der Waals surface area contributed by atoms with Crippen molar-refractivity contribution in [3.05, 3.63) is 18.2 Å². The van der Waals surface area contributed by atoms with E-state index in [9.17, 15) is 0 Å². The molecule has 1 aromatic carbocycles. The molecule has 1 saturated heterocycles. The van der Waals surface area contributed by atoms with Crippen molar-refractivity contribution in [1.29, 1.82) is 0 Å². The highest BCUT2D eigenvalue weighted by Gasteiger charge is 2.21. The number of hydrogen-bond donors (Lipinski definition) is 1. The highest BCUT2D eigenvalue weighted by atomic mass is 16.5. The van der Waals surface area contributed by atoms with E-state index in [2.05, 4.69) is 11.0 Å². The van der Waals surface area contributed by atoms with Crippen LogP contribution in [0.5, 0.6) is 11.5 Å². The van der Waals surface area contributed by atoms with Crippen molar-refractivity contribution in [2.75, 3.05) is 38.8 Å². The zero-order chi connectivity index (χ0) is 13.7. The van der Waals surface area contributed by atoms with Crippen LogP contribution in [-0.2, 0) is 0 Å². The Morgan fingerprint density at radius 3 is 2.84 bits per heavy atom. The molecule has 1 fully saturated rings. The van der Waals surface area contributed by atoms with Crippen LogP contribution in [0.25, 0.3) is 0 Å². The molecule has 2 N–H and O–H groups in total. The third kappa shape index (κ3) is 3.32. The van der Waals surface area contributed by atoms with E-state index in [4.69, 9.17) is 15.2 Å². The van der Waals surface area contributed by atoms with E-state index < -0.39 is 0 Å². The van der Waals surface area contributed by atoms with Gasteiger partial charge < -0.3 is 20.1 Å². The SMILES string of the molecule is COc1ccc(N2CCCC(CCN)C2)c(OC)c1. The van der Waals surface area contributed by atoms with Crippen LogP contribution in [0.4, 0.5) is 5.69 Å². The first-order valence-corrected chi connectivity index (χ1v) is 6.95. The topological polar surface area (TPSA) is 47.7 Å². The van der Waals surface area contributed by atoms with Gasteiger partial charge in [0, 0.05) is 19.2 Å². The average molecular weight is 264 g/mol. The number of nitrogens with zero attached hydrogens (tertiary/aromatic N) is 1. The van der Waals surface area contributed by atoms with Crippen LogP contribution in [0.2, 0.25) is 0 Å². The van der Waals surface area contributed by atoms with E-state index in [0.717, 1.165) is 43.2 Å². The Bertz CT molecular complexity index is 407. The number of nitrogens with two attached hydrogens (primary N) is 1. The summed E-state index contributed by atoms with van der Waals surface area (Å²) in [5, 5.41) is 0. The maximum atomic E-state index is 5.68. The van der Waals surface area contributed by atoms with Crippen molar-refractivity contribution in [3.8, 4) is 11.5 Å². The van der Waals surface area contributed by atoms with Gasteiger partial charge in [-0.05, 0) is 43.9 Å². The standard InChI is InChI=1S/C15H24N2O2/c1-18-13-5-6-14(15(10-13)19-2)17-9-3-4-12(11-17)7-8-16/h5-6,10,12H,3-4,7-9,11,16H2,1-2H3. The summed E-state index contributed by atoms with van der Waals surface area (Å²) >= 11 is 0. The van der Waals surface area contributed by atoms with Gasteiger partial charge in [0.25, 0.3) is 0 Å². The van der Waals surface area contributed by atoms with Crippen molar-refractivity contribution in [2.24, 2.45) is 11.7 Å². The smallest absolute Gasteiger partial charge is 0.145 e. The summed E-state index contributed by atoms with van der Waals surface area (Å²) in [5.41, 5.74) is 6.84. The van der Waals surface area contributed by atoms with Crippen molar-refractivity contribution in [3.63, 3.8) is 0 Å². The molecule has 1 heterocycles. The van der Waals surface area contributed by atoms with Gasteiger partial charge in [-0.3, -0.25) is 0 Å². The molecule has 0 amide bonds. The molecule has 0 radical (unpaired) electrons. The number of rotatable bonds is 5. The molecule has 0 aromatic heterocycles. The molecule has 2 rings (SSSR count). The van der Waals surface area contributed by atoms with Gasteiger partial charge in [-0.15, -0.1) is 0 Å². The zero-order valence-electron chi connectivity index (χ0n) is 11.9. The van der Waals surface area contributed by atoms with Gasteiger partial charge in [0.1, 0.15) is 11.5 Å². The molecule has 1 atom stereocenters. The molecule has 0 bridgehead atoms. The van der Waals surface area contributed by atoms with Crippen LogP contribution in [-0.4, -0.2) is 33.9 Å². The number of hydrogen-bond acceptors (Lipinski definition) is 4. The molecule has 106 valence electrons. The van der Waals surface area contributed by atoms with Crippen LogP contribution in [0, 0.1) is 5.92 Å². The molecule has 4 nitrogen and oxygen atoms in total. The van der Waals surface area contributed by atoms with E-state index in [1.807, 2.05) is 12.1 Å². The molecule has 0 aliphatic carbocycles. The van der Waals surface area contributed by atoms with Gasteiger partial charge >= 0.3 is 0 Å². The molecular weight excluding hydrogens is 240 g/mol. The fourth-order valence-corrected chi connectivity index (χ4v) is 2.80. The van der Waals surface area contributed by atoms with E-state index in [1.54, 1.807) is 14.2 Å². The highest BCUT2D eigenvalue weighted by Crippen LogP contribution is 2.34. The van der Waals surface area contributed by atoms with Gasteiger partial charge in [-0.1, -0.05) is 0 Å². The minimum atomic E-state index is 0.700.